The molecular weight excluding hydrogens is 278 g/mol. The van der Waals surface area contributed by atoms with Gasteiger partial charge in [0, 0.05) is 18.2 Å². The largest absolute Gasteiger partial charge is 0.381 e. The normalized spacial score (nSPS) is 19.1. The van der Waals surface area contributed by atoms with E-state index in [1.165, 1.54) is 0 Å². The van der Waals surface area contributed by atoms with E-state index < -0.39 is 0 Å². The fourth-order valence-corrected chi connectivity index (χ4v) is 2.34. The molecule has 1 heterocycles. The minimum Gasteiger partial charge on any atom is -0.381 e. The predicted octanol–water partition coefficient (Wildman–Crippen LogP) is 2.67. The lowest BCUT2D eigenvalue weighted by Crippen LogP contribution is -2.42. The first-order valence-electron chi connectivity index (χ1n) is 6.93. The van der Waals surface area contributed by atoms with Gasteiger partial charge >= 0.3 is 0 Å². The summed E-state index contributed by atoms with van der Waals surface area (Å²) in [6.07, 6.45) is 0.360. The molecule has 1 aromatic carbocycles. The van der Waals surface area contributed by atoms with Crippen LogP contribution >= 0.6 is 11.6 Å². The van der Waals surface area contributed by atoms with Crippen LogP contribution < -0.4 is 0 Å². The Labute approximate surface area is 124 Å². The molecule has 1 amide bonds. The summed E-state index contributed by atoms with van der Waals surface area (Å²) in [5.41, 5.74) is 1.05. The van der Waals surface area contributed by atoms with Crippen LogP contribution in [0.1, 0.15) is 25.0 Å². The van der Waals surface area contributed by atoms with Gasteiger partial charge in [-0.15, -0.1) is 0 Å². The van der Waals surface area contributed by atoms with Crippen LogP contribution in [0.4, 0.5) is 0 Å². The summed E-state index contributed by atoms with van der Waals surface area (Å²) in [6.45, 7) is 4.85. The van der Waals surface area contributed by atoms with Gasteiger partial charge in [-0.3, -0.25) is 4.79 Å². The second kappa shape index (κ2) is 7.62. The Kier molecular flexibility index (Phi) is 5.83. The van der Waals surface area contributed by atoms with Crippen LogP contribution in [0.2, 0.25) is 5.02 Å². The van der Waals surface area contributed by atoms with Crippen molar-refractivity contribution >= 4 is 17.5 Å². The van der Waals surface area contributed by atoms with E-state index in [0.29, 0.717) is 44.4 Å². The fraction of sp³-hybridized carbons (Fsp3) is 0.533. The SMILES string of the molecule is CCOCCC(=O)N1CCO[C@H](c2ccc(Cl)cc2)C1. The van der Waals surface area contributed by atoms with Crippen molar-refractivity contribution in [1.82, 2.24) is 4.90 Å². The Morgan fingerprint density at radius 1 is 1.45 bits per heavy atom. The summed E-state index contributed by atoms with van der Waals surface area (Å²) in [5, 5.41) is 0.703. The van der Waals surface area contributed by atoms with Gasteiger partial charge in [0.1, 0.15) is 6.10 Å². The lowest BCUT2D eigenvalue weighted by Gasteiger charge is -2.33. The molecule has 0 spiro atoms. The van der Waals surface area contributed by atoms with Crippen LogP contribution in [-0.4, -0.2) is 43.7 Å². The fourth-order valence-electron chi connectivity index (χ4n) is 2.22. The molecule has 1 atom stereocenters. The van der Waals surface area contributed by atoms with Gasteiger partial charge in [-0.2, -0.15) is 0 Å². The molecule has 0 bridgehead atoms. The number of carbonyl (C=O) groups is 1. The zero-order valence-electron chi connectivity index (χ0n) is 11.7. The Bertz CT molecular complexity index is 435. The van der Waals surface area contributed by atoms with Crippen molar-refractivity contribution in [1.29, 1.82) is 0 Å². The molecule has 1 saturated heterocycles. The standard InChI is InChI=1S/C15H20ClNO3/c1-2-19-9-7-15(18)17-8-10-20-14(11-17)12-3-5-13(16)6-4-12/h3-6,14H,2,7-11H2,1H3/t14-/m0/s1. The maximum atomic E-state index is 12.1. The summed E-state index contributed by atoms with van der Waals surface area (Å²) in [7, 11) is 0. The molecule has 0 N–H and O–H groups in total. The highest BCUT2D eigenvalue weighted by molar-refractivity contribution is 6.30. The molecule has 1 fully saturated rings. The number of carbonyl (C=O) groups excluding carboxylic acids is 1. The van der Waals surface area contributed by atoms with Crippen molar-refractivity contribution in [2.75, 3.05) is 32.9 Å². The second-order valence-corrected chi connectivity index (χ2v) is 5.13. The predicted molar refractivity (Wildman–Crippen MR) is 77.8 cm³/mol. The zero-order valence-corrected chi connectivity index (χ0v) is 12.4. The molecular formula is C15H20ClNO3. The van der Waals surface area contributed by atoms with Gasteiger partial charge in [-0.1, -0.05) is 23.7 Å². The molecule has 2 rings (SSSR count). The van der Waals surface area contributed by atoms with E-state index in [1.807, 2.05) is 36.1 Å². The van der Waals surface area contributed by atoms with Gasteiger partial charge in [0.15, 0.2) is 0 Å². The van der Waals surface area contributed by atoms with Gasteiger partial charge in [0.2, 0.25) is 5.91 Å². The quantitative estimate of drug-likeness (QED) is 0.784. The van der Waals surface area contributed by atoms with Gasteiger partial charge in [-0.05, 0) is 24.6 Å². The molecule has 5 heteroatoms. The highest BCUT2D eigenvalue weighted by Crippen LogP contribution is 2.23. The van der Waals surface area contributed by atoms with Gasteiger partial charge in [0.05, 0.1) is 26.2 Å². The van der Waals surface area contributed by atoms with Gasteiger partial charge in [-0.25, -0.2) is 0 Å². The number of benzene rings is 1. The third-order valence-corrected chi connectivity index (χ3v) is 3.58. The number of ether oxygens (including phenoxy) is 2. The smallest absolute Gasteiger partial charge is 0.225 e. The van der Waals surface area contributed by atoms with E-state index in [-0.39, 0.29) is 12.0 Å². The van der Waals surface area contributed by atoms with Crippen LogP contribution in [0.15, 0.2) is 24.3 Å². The highest BCUT2D eigenvalue weighted by Gasteiger charge is 2.24. The number of halogens is 1. The number of morpholine rings is 1. The minimum atomic E-state index is -0.0722. The molecule has 1 aromatic rings. The van der Waals surface area contributed by atoms with E-state index in [1.54, 1.807) is 0 Å². The average Bonchev–Trinajstić information content (AvgIpc) is 2.48. The monoisotopic (exact) mass is 297 g/mol. The Balaban J connectivity index is 1.91. The number of nitrogens with zero attached hydrogens (tertiary/aromatic N) is 1. The molecule has 0 aliphatic carbocycles. The van der Waals surface area contributed by atoms with Crippen LogP contribution in [0.3, 0.4) is 0 Å². The minimum absolute atomic E-state index is 0.0722. The summed E-state index contributed by atoms with van der Waals surface area (Å²) < 4.78 is 11.0. The van der Waals surface area contributed by atoms with Crippen molar-refractivity contribution in [3.63, 3.8) is 0 Å². The Morgan fingerprint density at radius 2 is 2.20 bits per heavy atom. The Morgan fingerprint density at radius 3 is 2.90 bits per heavy atom. The lowest BCUT2D eigenvalue weighted by atomic mass is 10.1. The molecule has 0 radical (unpaired) electrons. The van der Waals surface area contributed by atoms with Gasteiger partial charge < -0.3 is 14.4 Å². The molecule has 20 heavy (non-hydrogen) atoms. The van der Waals surface area contributed by atoms with Crippen LogP contribution in [0.25, 0.3) is 0 Å². The van der Waals surface area contributed by atoms with Crippen LogP contribution in [-0.2, 0) is 14.3 Å². The number of amides is 1. The maximum Gasteiger partial charge on any atom is 0.225 e. The molecule has 110 valence electrons. The summed E-state index contributed by atoms with van der Waals surface area (Å²) >= 11 is 5.88. The van der Waals surface area contributed by atoms with Crippen LogP contribution in [0.5, 0.6) is 0 Å². The molecule has 0 unspecified atom stereocenters. The van der Waals surface area contributed by atoms with E-state index in [4.69, 9.17) is 21.1 Å². The lowest BCUT2D eigenvalue weighted by molar-refractivity contribution is -0.140. The third-order valence-electron chi connectivity index (χ3n) is 3.33. The summed E-state index contributed by atoms with van der Waals surface area (Å²) in [6, 6.07) is 7.58. The summed E-state index contributed by atoms with van der Waals surface area (Å²) in [4.78, 5) is 13.9. The first-order chi connectivity index (χ1) is 9.70. The van der Waals surface area contributed by atoms with E-state index in [2.05, 4.69) is 0 Å². The zero-order chi connectivity index (χ0) is 14.4. The number of rotatable bonds is 5. The van der Waals surface area contributed by atoms with E-state index in [9.17, 15) is 4.79 Å². The van der Waals surface area contributed by atoms with Crippen LogP contribution in [0, 0.1) is 0 Å². The van der Waals surface area contributed by atoms with E-state index in [0.717, 1.165) is 5.56 Å². The second-order valence-electron chi connectivity index (χ2n) is 4.70. The van der Waals surface area contributed by atoms with Crippen molar-refractivity contribution in [3.8, 4) is 0 Å². The average molecular weight is 298 g/mol. The van der Waals surface area contributed by atoms with Gasteiger partial charge in [0.25, 0.3) is 0 Å². The highest BCUT2D eigenvalue weighted by atomic mass is 35.5. The topological polar surface area (TPSA) is 38.8 Å². The van der Waals surface area contributed by atoms with Crippen molar-refractivity contribution in [2.24, 2.45) is 0 Å². The maximum absolute atomic E-state index is 12.1. The van der Waals surface area contributed by atoms with Crippen molar-refractivity contribution in [3.05, 3.63) is 34.9 Å². The molecule has 1 aliphatic heterocycles. The van der Waals surface area contributed by atoms with Crippen molar-refractivity contribution < 1.29 is 14.3 Å². The molecule has 4 nitrogen and oxygen atoms in total. The Hall–Kier alpha value is -1.10. The molecule has 1 aliphatic rings. The van der Waals surface area contributed by atoms with Crippen molar-refractivity contribution in [2.45, 2.75) is 19.4 Å². The van der Waals surface area contributed by atoms with E-state index >= 15 is 0 Å². The third kappa shape index (κ3) is 4.20. The molecule has 0 aromatic heterocycles. The number of hydrogen-bond acceptors (Lipinski definition) is 3. The first-order valence-corrected chi connectivity index (χ1v) is 7.31. The first kappa shape index (κ1) is 15.3. The number of hydrogen-bond donors (Lipinski definition) is 0. The molecule has 0 saturated carbocycles. The summed E-state index contributed by atoms with van der Waals surface area (Å²) in [5.74, 6) is 0.126.